The van der Waals surface area contributed by atoms with Crippen molar-refractivity contribution in [3.05, 3.63) is 11.7 Å². The summed E-state index contributed by atoms with van der Waals surface area (Å²) in [6.45, 7) is 7.69. The van der Waals surface area contributed by atoms with Crippen LogP contribution in [0.4, 0.5) is 0 Å². The predicted octanol–water partition coefficient (Wildman–Crippen LogP) is 1.67. The van der Waals surface area contributed by atoms with Gasteiger partial charge in [0.25, 0.3) is 0 Å². The summed E-state index contributed by atoms with van der Waals surface area (Å²) in [6, 6.07) is -0.826. The third kappa shape index (κ3) is 5.53. The highest BCUT2D eigenvalue weighted by atomic mass is 16.5. The summed E-state index contributed by atoms with van der Waals surface area (Å²) in [5.74, 6) is -0.158. The number of amides is 1. The van der Waals surface area contributed by atoms with E-state index < -0.39 is 12.0 Å². The molecule has 1 aromatic rings. The van der Waals surface area contributed by atoms with Gasteiger partial charge in [0, 0.05) is 18.3 Å². The SMILES string of the molecule is CCC(NC(=O)CCCc1nc(C(C)(C)C)no1)C(=O)O. The molecule has 1 rings (SSSR count). The van der Waals surface area contributed by atoms with Gasteiger partial charge in [-0.25, -0.2) is 4.79 Å². The van der Waals surface area contributed by atoms with Gasteiger partial charge in [-0.3, -0.25) is 4.79 Å². The Morgan fingerprint density at radius 1 is 1.38 bits per heavy atom. The fourth-order valence-corrected chi connectivity index (χ4v) is 1.67. The Morgan fingerprint density at radius 3 is 2.52 bits per heavy atom. The van der Waals surface area contributed by atoms with Crippen molar-refractivity contribution in [2.45, 2.75) is 64.8 Å². The van der Waals surface area contributed by atoms with E-state index in [1.165, 1.54) is 0 Å². The number of carbonyl (C=O) groups is 2. The molecule has 7 nitrogen and oxygen atoms in total. The van der Waals surface area contributed by atoms with Crippen molar-refractivity contribution in [3.8, 4) is 0 Å². The second-order valence-corrected chi connectivity index (χ2v) is 5.98. The maximum Gasteiger partial charge on any atom is 0.326 e. The predicted molar refractivity (Wildman–Crippen MR) is 75.8 cm³/mol. The average Bonchev–Trinajstić information content (AvgIpc) is 2.84. The van der Waals surface area contributed by atoms with Crippen molar-refractivity contribution in [2.75, 3.05) is 0 Å². The summed E-state index contributed by atoms with van der Waals surface area (Å²) in [6.07, 6.45) is 1.63. The smallest absolute Gasteiger partial charge is 0.326 e. The Hall–Kier alpha value is -1.92. The lowest BCUT2D eigenvalue weighted by atomic mass is 9.96. The van der Waals surface area contributed by atoms with Crippen LogP contribution in [0.25, 0.3) is 0 Å². The van der Waals surface area contributed by atoms with Crippen LogP contribution in [0, 0.1) is 0 Å². The third-order valence-electron chi connectivity index (χ3n) is 2.97. The van der Waals surface area contributed by atoms with E-state index in [1.807, 2.05) is 20.8 Å². The van der Waals surface area contributed by atoms with Crippen LogP contribution in [0.1, 0.15) is 58.7 Å². The second-order valence-electron chi connectivity index (χ2n) is 5.98. The van der Waals surface area contributed by atoms with E-state index in [0.717, 1.165) is 0 Å². The zero-order valence-electron chi connectivity index (χ0n) is 13.0. The minimum atomic E-state index is -1.02. The first-order valence-electron chi connectivity index (χ1n) is 7.09. The molecule has 1 heterocycles. The summed E-state index contributed by atoms with van der Waals surface area (Å²) >= 11 is 0. The molecule has 0 aliphatic heterocycles. The minimum Gasteiger partial charge on any atom is -0.480 e. The summed E-state index contributed by atoms with van der Waals surface area (Å²) in [7, 11) is 0. The number of nitrogens with one attached hydrogen (secondary N) is 1. The number of aryl methyl sites for hydroxylation is 1. The van der Waals surface area contributed by atoms with Crippen LogP contribution < -0.4 is 5.32 Å². The number of aliphatic carboxylic acids is 1. The maximum absolute atomic E-state index is 11.6. The molecule has 21 heavy (non-hydrogen) atoms. The lowest BCUT2D eigenvalue weighted by Gasteiger charge is -2.11. The average molecular weight is 297 g/mol. The number of nitrogens with zero attached hydrogens (tertiary/aromatic N) is 2. The first-order chi connectivity index (χ1) is 9.74. The van der Waals surface area contributed by atoms with Crippen LogP contribution >= 0.6 is 0 Å². The number of rotatable bonds is 7. The van der Waals surface area contributed by atoms with E-state index in [0.29, 0.717) is 31.0 Å². The van der Waals surface area contributed by atoms with Crippen molar-refractivity contribution in [1.82, 2.24) is 15.5 Å². The highest BCUT2D eigenvalue weighted by Gasteiger charge is 2.21. The topological polar surface area (TPSA) is 105 Å². The first-order valence-corrected chi connectivity index (χ1v) is 7.09. The normalized spacial score (nSPS) is 13.0. The Balaban J connectivity index is 2.38. The first kappa shape index (κ1) is 17.1. The van der Waals surface area contributed by atoms with Gasteiger partial charge in [0.05, 0.1) is 0 Å². The van der Waals surface area contributed by atoms with Crippen LogP contribution in [0.5, 0.6) is 0 Å². The van der Waals surface area contributed by atoms with Crippen molar-refractivity contribution in [1.29, 1.82) is 0 Å². The van der Waals surface area contributed by atoms with Gasteiger partial charge in [-0.1, -0.05) is 32.9 Å². The van der Waals surface area contributed by atoms with Crippen molar-refractivity contribution >= 4 is 11.9 Å². The Kier molecular flexibility index (Phi) is 5.87. The van der Waals surface area contributed by atoms with Gasteiger partial charge in [-0.15, -0.1) is 0 Å². The van der Waals surface area contributed by atoms with Gasteiger partial charge in [-0.05, 0) is 12.8 Å². The van der Waals surface area contributed by atoms with Gasteiger partial charge >= 0.3 is 5.97 Å². The van der Waals surface area contributed by atoms with Crippen molar-refractivity contribution < 1.29 is 19.2 Å². The van der Waals surface area contributed by atoms with Crippen LogP contribution in [0.2, 0.25) is 0 Å². The van der Waals surface area contributed by atoms with Crippen LogP contribution in [-0.2, 0) is 21.4 Å². The lowest BCUT2D eigenvalue weighted by molar-refractivity contribution is -0.141. The molecule has 118 valence electrons. The molecule has 1 atom stereocenters. The van der Waals surface area contributed by atoms with Gasteiger partial charge < -0.3 is 14.9 Å². The number of carboxylic acid groups (broad SMARTS) is 1. The summed E-state index contributed by atoms with van der Waals surface area (Å²) in [5.41, 5.74) is -0.172. The standard InChI is InChI=1S/C14H23N3O4/c1-5-9(12(19)20)15-10(18)7-6-8-11-16-13(17-21-11)14(2,3)4/h9H,5-8H2,1-4H3,(H,15,18)(H,19,20). The number of carboxylic acids is 1. The van der Waals surface area contributed by atoms with Crippen molar-refractivity contribution in [3.63, 3.8) is 0 Å². The Bertz CT molecular complexity index is 491. The highest BCUT2D eigenvalue weighted by molar-refractivity contribution is 5.83. The second kappa shape index (κ2) is 7.19. The fourth-order valence-electron chi connectivity index (χ4n) is 1.67. The van der Waals surface area contributed by atoms with Gasteiger partial charge in [0.2, 0.25) is 11.8 Å². The van der Waals surface area contributed by atoms with Crippen LogP contribution in [-0.4, -0.2) is 33.2 Å². The molecular formula is C14H23N3O4. The molecule has 2 N–H and O–H groups in total. The molecule has 0 aliphatic rings. The molecule has 0 radical (unpaired) electrons. The number of aromatic nitrogens is 2. The van der Waals surface area contributed by atoms with E-state index in [9.17, 15) is 9.59 Å². The number of hydrogen-bond acceptors (Lipinski definition) is 5. The monoisotopic (exact) mass is 297 g/mol. The molecule has 1 unspecified atom stereocenters. The highest BCUT2D eigenvalue weighted by Crippen LogP contribution is 2.18. The van der Waals surface area contributed by atoms with E-state index in [-0.39, 0.29) is 17.7 Å². The molecule has 0 saturated heterocycles. The molecular weight excluding hydrogens is 274 g/mol. The van der Waals surface area contributed by atoms with Crippen LogP contribution in [0.15, 0.2) is 4.52 Å². The van der Waals surface area contributed by atoms with E-state index in [1.54, 1.807) is 6.92 Å². The largest absolute Gasteiger partial charge is 0.480 e. The zero-order chi connectivity index (χ0) is 16.0. The zero-order valence-corrected chi connectivity index (χ0v) is 13.0. The molecule has 0 aromatic carbocycles. The molecule has 0 saturated carbocycles. The quantitative estimate of drug-likeness (QED) is 0.793. The summed E-state index contributed by atoms with van der Waals surface area (Å²) in [4.78, 5) is 26.7. The van der Waals surface area contributed by atoms with E-state index >= 15 is 0 Å². The van der Waals surface area contributed by atoms with E-state index in [4.69, 9.17) is 9.63 Å². The molecule has 0 spiro atoms. The number of carbonyl (C=O) groups excluding carboxylic acids is 1. The minimum absolute atomic E-state index is 0.172. The number of hydrogen-bond donors (Lipinski definition) is 2. The summed E-state index contributed by atoms with van der Waals surface area (Å²) < 4.78 is 5.13. The van der Waals surface area contributed by atoms with Gasteiger partial charge in [0.15, 0.2) is 5.82 Å². The lowest BCUT2D eigenvalue weighted by Crippen LogP contribution is -2.40. The maximum atomic E-state index is 11.6. The Morgan fingerprint density at radius 2 is 2.05 bits per heavy atom. The Labute approximate surface area is 124 Å². The molecule has 7 heteroatoms. The van der Waals surface area contributed by atoms with Crippen molar-refractivity contribution in [2.24, 2.45) is 0 Å². The van der Waals surface area contributed by atoms with Gasteiger partial charge in [0.1, 0.15) is 6.04 Å². The molecule has 1 amide bonds. The molecule has 0 bridgehead atoms. The van der Waals surface area contributed by atoms with E-state index in [2.05, 4.69) is 15.5 Å². The van der Waals surface area contributed by atoms with Crippen LogP contribution in [0.3, 0.4) is 0 Å². The fraction of sp³-hybridized carbons (Fsp3) is 0.714. The molecule has 0 fully saturated rings. The summed E-state index contributed by atoms with van der Waals surface area (Å²) in [5, 5.41) is 15.2. The van der Waals surface area contributed by atoms with Gasteiger partial charge in [-0.2, -0.15) is 4.98 Å². The molecule has 1 aromatic heterocycles. The third-order valence-corrected chi connectivity index (χ3v) is 2.97. The molecule has 0 aliphatic carbocycles.